The van der Waals surface area contributed by atoms with E-state index in [1.165, 1.54) is 6.07 Å². The molecule has 0 saturated carbocycles. The molecule has 0 saturated heterocycles. The Balaban J connectivity index is 3.01. The van der Waals surface area contributed by atoms with Crippen LogP contribution in [0, 0.1) is 5.82 Å². The maximum atomic E-state index is 13.1. The van der Waals surface area contributed by atoms with Gasteiger partial charge in [0.05, 0.1) is 0 Å². The zero-order valence-corrected chi connectivity index (χ0v) is 7.13. The highest BCUT2D eigenvalue weighted by molar-refractivity contribution is 5.29. The van der Waals surface area contributed by atoms with Crippen LogP contribution in [0.25, 0.3) is 0 Å². The first-order chi connectivity index (χ1) is 5.65. The summed E-state index contributed by atoms with van der Waals surface area (Å²) in [5.41, 5.74) is 0.565. The lowest BCUT2D eigenvalue weighted by Crippen LogP contribution is -2.13. The Kier molecular flexibility index (Phi) is 2.65. The van der Waals surface area contributed by atoms with Crippen molar-refractivity contribution in [1.82, 2.24) is 5.32 Å². The number of aromatic hydroxyl groups is 1. The summed E-state index contributed by atoms with van der Waals surface area (Å²) in [5.74, 6) is -0.420. The molecule has 1 atom stereocenters. The molecular formula is C9H12FNO. The number of phenolic OH excluding ortho intramolecular Hbond substituents is 1. The monoisotopic (exact) mass is 169 g/mol. The van der Waals surface area contributed by atoms with Crippen molar-refractivity contribution in [3.63, 3.8) is 0 Å². The highest BCUT2D eigenvalue weighted by Crippen LogP contribution is 2.20. The van der Waals surface area contributed by atoms with Crippen LogP contribution in [0.4, 0.5) is 4.39 Å². The molecule has 2 nitrogen and oxygen atoms in total. The van der Waals surface area contributed by atoms with Crippen molar-refractivity contribution in [2.75, 3.05) is 7.05 Å². The fourth-order valence-electron chi connectivity index (χ4n) is 1.02. The van der Waals surface area contributed by atoms with Crippen LogP contribution in [0.15, 0.2) is 18.2 Å². The minimum atomic E-state index is -0.378. The summed E-state index contributed by atoms with van der Waals surface area (Å²) in [7, 11) is 1.76. The van der Waals surface area contributed by atoms with Crippen molar-refractivity contribution in [2.24, 2.45) is 0 Å². The van der Waals surface area contributed by atoms with Gasteiger partial charge in [-0.2, -0.15) is 0 Å². The lowest BCUT2D eigenvalue weighted by atomic mass is 10.1. The van der Waals surface area contributed by atoms with Crippen molar-refractivity contribution in [3.8, 4) is 5.75 Å². The maximum absolute atomic E-state index is 13.1. The third-order valence-corrected chi connectivity index (χ3v) is 1.88. The smallest absolute Gasteiger partial charge is 0.131 e. The molecule has 12 heavy (non-hydrogen) atoms. The molecule has 0 aliphatic rings. The molecule has 0 heterocycles. The quantitative estimate of drug-likeness (QED) is 0.707. The van der Waals surface area contributed by atoms with Crippen LogP contribution >= 0.6 is 0 Å². The number of hydrogen-bond donors (Lipinski definition) is 2. The highest BCUT2D eigenvalue weighted by Gasteiger charge is 2.08. The van der Waals surface area contributed by atoms with Crippen molar-refractivity contribution in [1.29, 1.82) is 0 Å². The van der Waals surface area contributed by atoms with E-state index in [0.29, 0.717) is 5.56 Å². The molecule has 0 radical (unpaired) electrons. The van der Waals surface area contributed by atoms with Gasteiger partial charge in [-0.1, -0.05) is 6.07 Å². The fourth-order valence-corrected chi connectivity index (χ4v) is 1.02. The molecule has 0 aliphatic carbocycles. The largest absolute Gasteiger partial charge is 0.508 e. The lowest BCUT2D eigenvalue weighted by Gasteiger charge is -2.11. The molecule has 1 aromatic rings. The number of hydrogen-bond acceptors (Lipinski definition) is 2. The van der Waals surface area contributed by atoms with Crippen LogP contribution in [0.2, 0.25) is 0 Å². The van der Waals surface area contributed by atoms with Gasteiger partial charge in [0.1, 0.15) is 11.6 Å². The van der Waals surface area contributed by atoms with Gasteiger partial charge in [-0.15, -0.1) is 0 Å². The zero-order chi connectivity index (χ0) is 9.14. The van der Waals surface area contributed by atoms with Gasteiger partial charge in [0.25, 0.3) is 0 Å². The SMILES string of the molecule is CN[C@H](C)c1ccc(O)cc1F. The highest BCUT2D eigenvalue weighted by atomic mass is 19.1. The van der Waals surface area contributed by atoms with Gasteiger partial charge in [-0.05, 0) is 20.0 Å². The van der Waals surface area contributed by atoms with Crippen LogP contribution in [0.1, 0.15) is 18.5 Å². The van der Waals surface area contributed by atoms with Crippen LogP contribution in [0.5, 0.6) is 5.75 Å². The van der Waals surface area contributed by atoms with Gasteiger partial charge in [-0.25, -0.2) is 4.39 Å². The first-order valence-electron chi connectivity index (χ1n) is 3.81. The van der Waals surface area contributed by atoms with Crippen molar-refractivity contribution >= 4 is 0 Å². The molecule has 0 spiro atoms. The molecule has 0 aliphatic heterocycles. The summed E-state index contributed by atoms with van der Waals surface area (Å²) >= 11 is 0. The Morgan fingerprint density at radius 2 is 2.17 bits per heavy atom. The van der Waals surface area contributed by atoms with Crippen LogP contribution in [-0.2, 0) is 0 Å². The van der Waals surface area contributed by atoms with Crippen LogP contribution in [-0.4, -0.2) is 12.2 Å². The van der Waals surface area contributed by atoms with Crippen molar-refractivity contribution in [2.45, 2.75) is 13.0 Å². The summed E-state index contributed by atoms with van der Waals surface area (Å²) in [5, 5.41) is 11.9. The van der Waals surface area contributed by atoms with E-state index in [0.717, 1.165) is 6.07 Å². The predicted octanol–water partition coefficient (Wildman–Crippen LogP) is 1.81. The second-order valence-corrected chi connectivity index (χ2v) is 2.72. The molecule has 0 amide bonds. The molecule has 2 N–H and O–H groups in total. The zero-order valence-electron chi connectivity index (χ0n) is 7.13. The molecule has 1 aromatic carbocycles. The standard InChI is InChI=1S/C9H12FNO/c1-6(11-2)8-4-3-7(12)5-9(8)10/h3-6,11-12H,1-2H3/t6-/m1/s1. The third kappa shape index (κ3) is 1.74. The van der Waals surface area contributed by atoms with E-state index in [2.05, 4.69) is 5.32 Å². The first kappa shape index (κ1) is 9.00. The molecule has 0 bridgehead atoms. The third-order valence-electron chi connectivity index (χ3n) is 1.88. The van der Waals surface area contributed by atoms with Gasteiger partial charge < -0.3 is 10.4 Å². The Morgan fingerprint density at radius 3 is 2.67 bits per heavy atom. The van der Waals surface area contributed by atoms with Gasteiger partial charge in [-0.3, -0.25) is 0 Å². The first-order valence-corrected chi connectivity index (χ1v) is 3.81. The van der Waals surface area contributed by atoms with Crippen LogP contribution in [0.3, 0.4) is 0 Å². The van der Waals surface area contributed by atoms with E-state index in [9.17, 15) is 4.39 Å². The predicted molar refractivity (Wildman–Crippen MR) is 45.5 cm³/mol. The van der Waals surface area contributed by atoms with Gasteiger partial charge in [0.2, 0.25) is 0 Å². The average Bonchev–Trinajstić information content (AvgIpc) is 2.03. The molecule has 0 fully saturated rings. The van der Waals surface area contributed by atoms with Gasteiger partial charge >= 0.3 is 0 Å². The van der Waals surface area contributed by atoms with Gasteiger partial charge in [0.15, 0.2) is 0 Å². The lowest BCUT2D eigenvalue weighted by molar-refractivity contribution is 0.465. The van der Waals surface area contributed by atoms with Gasteiger partial charge in [0, 0.05) is 17.7 Å². The van der Waals surface area contributed by atoms with E-state index in [1.54, 1.807) is 13.1 Å². The second kappa shape index (κ2) is 3.54. The maximum Gasteiger partial charge on any atom is 0.131 e. The van der Waals surface area contributed by atoms with Crippen LogP contribution < -0.4 is 5.32 Å². The number of phenols is 1. The summed E-state index contributed by atoms with van der Waals surface area (Å²) in [6, 6.07) is 4.13. The molecule has 1 rings (SSSR count). The summed E-state index contributed by atoms with van der Waals surface area (Å²) in [6.07, 6.45) is 0. The Hall–Kier alpha value is -1.09. The molecule has 3 heteroatoms. The number of rotatable bonds is 2. The minimum Gasteiger partial charge on any atom is -0.508 e. The summed E-state index contributed by atoms with van der Waals surface area (Å²) in [4.78, 5) is 0. The van der Waals surface area contributed by atoms with E-state index in [1.807, 2.05) is 6.92 Å². The minimum absolute atomic E-state index is 0.0365. The molecule has 0 unspecified atom stereocenters. The van der Waals surface area contributed by atoms with E-state index in [4.69, 9.17) is 5.11 Å². The van der Waals surface area contributed by atoms with E-state index >= 15 is 0 Å². The molecule has 66 valence electrons. The topological polar surface area (TPSA) is 32.3 Å². The molecular weight excluding hydrogens is 157 g/mol. The number of benzene rings is 1. The Morgan fingerprint density at radius 1 is 1.50 bits per heavy atom. The Bertz CT molecular complexity index is 275. The van der Waals surface area contributed by atoms with E-state index < -0.39 is 0 Å². The fraction of sp³-hybridized carbons (Fsp3) is 0.333. The number of halogens is 1. The normalized spacial score (nSPS) is 12.9. The Labute approximate surface area is 71.0 Å². The number of nitrogens with one attached hydrogen (secondary N) is 1. The summed E-state index contributed by atoms with van der Waals surface area (Å²) in [6.45, 7) is 1.86. The van der Waals surface area contributed by atoms with Crippen molar-refractivity contribution in [3.05, 3.63) is 29.6 Å². The van der Waals surface area contributed by atoms with E-state index in [-0.39, 0.29) is 17.6 Å². The van der Waals surface area contributed by atoms with Crippen molar-refractivity contribution < 1.29 is 9.50 Å². The summed E-state index contributed by atoms with van der Waals surface area (Å²) < 4.78 is 13.1. The average molecular weight is 169 g/mol. The molecule has 0 aromatic heterocycles. The second-order valence-electron chi connectivity index (χ2n) is 2.72.